The number of rotatable bonds is 2. The summed E-state index contributed by atoms with van der Waals surface area (Å²) in [6.07, 6.45) is -0.622. The van der Waals surface area contributed by atoms with Gasteiger partial charge in [-0.05, 0) is 43.0 Å². The molecule has 2 heterocycles. The van der Waals surface area contributed by atoms with Crippen molar-refractivity contribution >= 4 is 11.3 Å². The molecule has 0 amide bonds. The van der Waals surface area contributed by atoms with E-state index in [1.54, 1.807) is 11.3 Å². The van der Waals surface area contributed by atoms with Crippen molar-refractivity contribution in [3.05, 3.63) is 45.5 Å². The lowest BCUT2D eigenvalue weighted by atomic mass is 10.2. The van der Waals surface area contributed by atoms with Gasteiger partial charge in [0.15, 0.2) is 0 Å². The van der Waals surface area contributed by atoms with Crippen molar-refractivity contribution < 1.29 is 9.52 Å². The molecule has 0 spiro atoms. The molecule has 2 aromatic heterocycles. The molecule has 0 saturated carbocycles. The van der Waals surface area contributed by atoms with Crippen molar-refractivity contribution in [1.82, 2.24) is 0 Å². The molecule has 0 radical (unpaired) electrons. The number of aliphatic hydroxyl groups excluding tert-OH is 1. The highest BCUT2D eigenvalue weighted by molar-refractivity contribution is 7.10. The van der Waals surface area contributed by atoms with Gasteiger partial charge >= 0.3 is 0 Å². The number of aliphatic hydroxyl groups is 1. The summed E-state index contributed by atoms with van der Waals surface area (Å²) in [4.78, 5) is 0.958. The van der Waals surface area contributed by atoms with E-state index in [0.29, 0.717) is 5.76 Å². The number of aryl methyl sites for hydroxylation is 2. The van der Waals surface area contributed by atoms with E-state index in [1.165, 1.54) is 0 Å². The number of thiophene rings is 1. The largest absolute Gasteiger partial charge is 0.463 e. The van der Waals surface area contributed by atoms with Gasteiger partial charge in [0.1, 0.15) is 17.6 Å². The molecule has 0 aromatic carbocycles. The Hall–Kier alpha value is -1.06. The van der Waals surface area contributed by atoms with Crippen molar-refractivity contribution in [2.24, 2.45) is 0 Å². The zero-order valence-corrected chi connectivity index (χ0v) is 8.97. The van der Waals surface area contributed by atoms with E-state index in [2.05, 4.69) is 0 Å². The van der Waals surface area contributed by atoms with E-state index in [1.807, 2.05) is 37.4 Å². The van der Waals surface area contributed by atoms with Gasteiger partial charge in [-0.15, -0.1) is 11.3 Å². The smallest absolute Gasteiger partial charge is 0.146 e. The molecule has 0 aliphatic heterocycles. The first-order valence-electron chi connectivity index (χ1n) is 4.47. The summed E-state index contributed by atoms with van der Waals surface area (Å²) in [6.45, 7) is 3.86. The van der Waals surface area contributed by atoms with Crippen LogP contribution in [0, 0.1) is 13.8 Å². The maximum Gasteiger partial charge on any atom is 0.146 e. The second-order valence-electron chi connectivity index (χ2n) is 3.32. The zero-order chi connectivity index (χ0) is 10.1. The molecule has 0 aliphatic rings. The molecular weight excluding hydrogens is 196 g/mol. The van der Waals surface area contributed by atoms with Gasteiger partial charge in [0.25, 0.3) is 0 Å². The van der Waals surface area contributed by atoms with Gasteiger partial charge in [-0.3, -0.25) is 0 Å². The summed E-state index contributed by atoms with van der Waals surface area (Å²) in [6, 6.07) is 5.68. The zero-order valence-electron chi connectivity index (χ0n) is 8.15. The minimum Gasteiger partial charge on any atom is -0.463 e. The number of hydrogen-bond acceptors (Lipinski definition) is 3. The first-order chi connectivity index (χ1) is 6.68. The van der Waals surface area contributed by atoms with Crippen LogP contribution in [0.2, 0.25) is 0 Å². The standard InChI is InChI=1S/C11H12O2S/c1-7-5-6-14-11(7)10(12)9-4-3-8(2)13-9/h3-6,10,12H,1-2H3. The molecule has 0 fully saturated rings. The van der Waals surface area contributed by atoms with Crippen LogP contribution in [0.4, 0.5) is 0 Å². The van der Waals surface area contributed by atoms with Gasteiger partial charge in [-0.25, -0.2) is 0 Å². The summed E-state index contributed by atoms with van der Waals surface area (Å²) in [5, 5.41) is 12.0. The van der Waals surface area contributed by atoms with Crippen LogP contribution in [-0.4, -0.2) is 5.11 Å². The first-order valence-corrected chi connectivity index (χ1v) is 5.35. The number of hydrogen-bond donors (Lipinski definition) is 1. The van der Waals surface area contributed by atoms with Crippen molar-refractivity contribution in [2.75, 3.05) is 0 Å². The molecule has 0 bridgehead atoms. The molecule has 14 heavy (non-hydrogen) atoms. The Morgan fingerprint density at radius 1 is 1.29 bits per heavy atom. The molecular formula is C11H12O2S. The van der Waals surface area contributed by atoms with Crippen LogP contribution in [0.25, 0.3) is 0 Å². The van der Waals surface area contributed by atoms with Gasteiger partial charge in [0.05, 0.1) is 0 Å². The average molecular weight is 208 g/mol. The lowest BCUT2D eigenvalue weighted by Gasteiger charge is -2.06. The van der Waals surface area contributed by atoms with Gasteiger partial charge in [-0.2, -0.15) is 0 Å². The second-order valence-corrected chi connectivity index (χ2v) is 4.27. The van der Waals surface area contributed by atoms with E-state index in [0.717, 1.165) is 16.2 Å². The van der Waals surface area contributed by atoms with Crippen LogP contribution >= 0.6 is 11.3 Å². The Kier molecular flexibility index (Phi) is 2.44. The Balaban J connectivity index is 2.33. The van der Waals surface area contributed by atoms with Crippen LogP contribution in [0.15, 0.2) is 28.0 Å². The fourth-order valence-corrected chi connectivity index (χ4v) is 2.31. The van der Waals surface area contributed by atoms with Crippen LogP contribution in [0.3, 0.4) is 0 Å². The minimum atomic E-state index is -0.622. The first kappa shape index (κ1) is 9.49. The highest BCUT2D eigenvalue weighted by atomic mass is 32.1. The minimum absolute atomic E-state index is 0.619. The molecule has 0 aliphatic carbocycles. The fourth-order valence-electron chi connectivity index (χ4n) is 1.39. The summed E-state index contributed by atoms with van der Waals surface area (Å²) in [7, 11) is 0. The molecule has 2 rings (SSSR count). The molecule has 3 heteroatoms. The topological polar surface area (TPSA) is 33.4 Å². The van der Waals surface area contributed by atoms with Crippen molar-refractivity contribution in [3.63, 3.8) is 0 Å². The van der Waals surface area contributed by atoms with E-state index in [-0.39, 0.29) is 0 Å². The fraction of sp³-hybridized carbons (Fsp3) is 0.273. The third kappa shape index (κ3) is 1.61. The SMILES string of the molecule is Cc1ccc(C(O)c2sccc2C)o1. The van der Waals surface area contributed by atoms with E-state index in [4.69, 9.17) is 4.42 Å². The van der Waals surface area contributed by atoms with Crippen molar-refractivity contribution in [2.45, 2.75) is 20.0 Å². The van der Waals surface area contributed by atoms with Crippen molar-refractivity contribution in [3.8, 4) is 0 Å². The van der Waals surface area contributed by atoms with Crippen molar-refractivity contribution in [1.29, 1.82) is 0 Å². The van der Waals surface area contributed by atoms with Gasteiger partial charge < -0.3 is 9.52 Å². The summed E-state index contributed by atoms with van der Waals surface area (Å²) in [5.41, 5.74) is 1.11. The number of furan rings is 1. The predicted octanol–water partition coefficient (Wildman–Crippen LogP) is 3.04. The third-order valence-corrected chi connectivity index (χ3v) is 3.25. The van der Waals surface area contributed by atoms with Gasteiger partial charge in [-0.1, -0.05) is 0 Å². The summed E-state index contributed by atoms with van der Waals surface area (Å²) in [5.74, 6) is 1.45. The van der Waals surface area contributed by atoms with E-state index < -0.39 is 6.10 Å². The summed E-state index contributed by atoms with van der Waals surface area (Å²) >= 11 is 1.55. The highest BCUT2D eigenvalue weighted by Crippen LogP contribution is 2.29. The monoisotopic (exact) mass is 208 g/mol. The van der Waals surface area contributed by atoms with Gasteiger partial charge in [0.2, 0.25) is 0 Å². The summed E-state index contributed by atoms with van der Waals surface area (Å²) < 4.78 is 5.38. The van der Waals surface area contributed by atoms with Crippen LogP contribution in [-0.2, 0) is 0 Å². The Morgan fingerprint density at radius 2 is 2.07 bits per heavy atom. The quantitative estimate of drug-likeness (QED) is 0.823. The average Bonchev–Trinajstić information content (AvgIpc) is 2.73. The second kappa shape index (κ2) is 3.59. The third-order valence-electron chi connectivity index (χ3n) is 2.18. The van der Waals surface area contributed by atoms with E-state index >= 15 is 0 Å². The molecule has 0 saturated heterocycles. The van der Waals surface area contributed by atoms with E-state index in [9.17, 15) is 5.11 Å². The van der Waals surface area contributed by atoms with Crippen LogP contribution < -0.4 is 0 Å². The molecule has 1 atom stereocenters. The molecule has 2 aromatic rings. The van der Waals surface area contributed by atoms with Gasteiger partial charge in [0, 0.05) is 4.88 Å². The molecule has 1 N–H and O–H groups in total. The Bertz CT molecular complexity index is 428. The Labute approximate surface area is 86.8 Å². The Morgan fingerprint density at radius 3 is 2.57 bits per heavy atom. The maximum absolute atomic E-state index is 9.99. The molecule has 74 valence electrons. The normalized spacial score (nSPS) is 13.1. The highest BCUT2D eigenvalue weighted by Gasteiger charge is 2.16. The maximum atomic E-state index is 9.99. The lowest BCUT2D eigenvalue weighted by molar-refractivity contribution is 0.190. The lowest BCUT2D eigenvalue weighted by Crippen LogP contribution is -1.96. The molecule has 2 nitrogen and oxygen atoms in total. The van der Waals surface area contributed by atoms with Crippen LogP contribution in [0.1, 0.15) is 28.1 Å². The molecule has 1 unspecified atom stereocenters. The predicted molar refractivity (Wildman–Crippen MR) is 56.6 cm³/mol. The van der Waals surface area contributed by atoms with Crippen LogP contribution in [0.5, 0.6) is 0 Å².